The molecule has 0 aliphatic carbocycles. The summed E-state index contributed by atoms with van der Waals surface area (Å²) >= 11 is 1.37. The van der Waals surface area contributed by atoms with Crippen LogP contribution in [0.5, 0.6) is 5.75 Å². The maximum Gasteiger partial charge on any atom is 0.242 e. The van der Waals surface area contributed by atoms with E-state index in [2.05, 4.69) is 15.5 Å². The number of nitrogens with zero attached hydrogens (tertiary/aromatic N) is 3. The van der Waals surface area contributed by atoms with Gasteiger partial charge < -0.3 is 5.11 Å². The average molecular weight is 403 g/mol. The first kappa shape index (κ1) is 19.0. The van der Waals surface area contributed by atoms with E-state index in [1.54, 1.807) is 48.7 Å². The molecule has 0 fully saturated rings. The van der Waals surface area contributed by atoms with Gasteiger partial charge >= 0.3 is 0 Å². The van der Waals surface area contributed by atoms with Gasteiger partial charge in [0.1, 0.15) is 5.75 Å². The zero-order valence-electron chi connectivity index (χ0n) is 14.7. The number of aromatic nitrogens is 1. The van der Waals surface area contributed by atoms with Crippen molar-refractivity contribution in [2.45, 2.75) is 4.90 Å². The molecule has 0 bridgehead atoms. The van der Waals surface area contributed by atoms with E-state index in [1.807, 2.05) is 11.4 Å². The number of nitrogens with one attached hydrogen (secondary N) is 1. The fourth-order valence-electron chi connectivity index (χ4n) is 2.21. The van der Waals surface area contributed by atoms with Crippen LogP contribution in [-0.2, 0) is 10.0 Å². The Labute approximate surface area is 161 Å². The zero-order valence-corrected chi connectivity index (χ0v) is 16.3. The Morgan fingerprint density at radius 1 is 1.19 bits per heavy atom. The van der Waals surface area contributed by atoms with Crippen LogP contribution in [0.25, 0.3) is 11.3 Å². The molecular formula is C18H18N4O3S2. The van der Waals surface area contributed by atoms with Crippen molar-refractivity contribution in [1.29, 1.82) is 0 Å². The number of thiazole rings is 1. The lowest BCUT2D eigenvalue weighted by atomic mass is 10.2. The molecule has 0 saturated carbocycles. The van der Waals surface area contributed by atoms with Crippen LogP contribution in [0.2, 0.25) is 0 Å². The minimum Gasteiger partial charge on any atom is -0.508 e. The van der Waals surface area contributed by atoms with Gasteiger partial charge in [0.15, 0.2) is 0 Å². The molecule has 3 aromatic rings. The quantitative estimate of drug-likeness (QED) is 0.488. The van der Waals surface area contributed by atoms with Crippen molar-refractivity contribution in [3.05, 3.63) is 59.5 Å². The highest BCUT2D eigenvalue weighted by atomic mass is 32.2. The van der Waals surface area contributed by atoms with E-state index >= 15 is 0 Å². The van der Waals surface area contributed by atoms with Gasteiger partial charge in [-0.2, -0.15) is 5.10 Å². The number of rotatable bonds is 6. The summed E-state index contributed by atoms with van der Waals surface area (Å²) < 4.78 is 25.7. The number of anilines is 1. The summed E-state index contributed by atoms with van der Waals surface area (Å²) in [6.07, 6.45) is 1.62. The third kappa shape index (κ3) is 4.51. The Kier molecular flexibility index (Phi) is 5.54. The Hall–Kier alpha value is -2.75. The monoisotopic (exact) mass is 402 g/mol. The molecule has 0 unspecified atom stereocenters. The second-order valence-electron chi connectivity index (χ2n) is 5.81. The fourth-order valence-corrected chi connectivity index (χ4v) is 3.82. The summed E-state index contributed by atoms with van der Waals surface area (Å²) in [6.45, 7) is 0. The molecule has 0 saturated heterocycles. The minimum absolute atomic E-state index is 0.197. The van der Waals surface area contributed by atoms with Gasteiger partial charge in [0, 0.05) is 25.0 Å². The van der Waals surface area contributed by atoms with E-state index in [0.29, 0.717) is 16.4 Å². The van der Waals surface area contributed by atoms with Crippen molar-refractivity contribution >= 4 is 32.7 Å². The van der Waals surface area contributed by atoms with Gasteiger partial charge in [-0.1, -0.05) is 12.1 Å². The highest BCUT2D eigenvalue weighted by Gasteiger charge is 2.18. The third-order valence-corrected chi connectivity index (χ3v) is 6.24. The Morgan fingerprint density at radius 3 is 2.63 bits per heavy atom. The second-order valence-corrected chi connectivity index (χ2v) is 8.82. The van der Waals surface area contributed by atoms with Crippen LogP contribution in [0.4, 0.5) is 5.13 Å². The molecule has 0 aliphatic rings. The third-order valence-electron chi connectivity index (χ3n) is 3.68. The van der Waals surface area contributed by atoms with E-state index in [4.69, 9.17) is 0 Å². The number of hydrogen-bond donors (Lipinski definition) is 2. The van der Waals surface area contributed by atoms with E-state index in [9.17, 15) is 13.5 Å². The van der Waals surface area contributed by atoms with Crippen LogP contribution < -0.4 is 5.43 Å². The Bertz CT molecular complexity index is 1060. The van der Waals surface area contributed by atoms with E-state index in [0.717, 1.165) is 5.56 Å². The van der Waals surface area contributed by atoms with Crippen LogP contribution in [0.1, 0.15) is 5.56 Å². The van der Waals surface area contributed by atoms with Crippen molar-refractivity contribution in [3.63, 3.8) is 0 Å². The van der Waals surface area contributed by atoms with Gasteiger partial charge in [0.2, 0.25) is 15.2 Å². The number of benzene rings is 2. The SMILES string of the molecule is CN(C)S(=O)(=O)c1cccc(-c2csc(NN=Cc3ccc(O)cc3)n2)c1. The molecule has 0 amide bonds. The molecular weight excluding hydrogens is 384 g/mol. The number of aromatic hydroxyl groups is 1. The molecule has 1 aromatic heterocycles. The summed E-state index contributed by atoms with van der Waals surface area (Å²) in [5, 5.41) is 15.8. The molecule has 2 aromatic carbocycles. The van der Waals surface area contributed by atoms with Crippen molar-refractivity contribution in [2.24, 2.45) is 5.10 Å². The molecule has 0 radical (unpaired) electrons. The lowest BCUT2D eigenvalue weighted by Crippen LogP contribution is -2.22. The second kappa shape index (κ2) is 7.87. The minimum atomic E-state index is -3.50. The Balaban J connectivity index is 1.75. The van der Waals surface area contributed by atoms with E-state index in [1.165, 1.54) is 29.7 Å². The van der Waals surface area contributed by atoms with Crippen LogP contribution in [0, 0.1) is 0 Å². The molecule has 27 heavy (non-hydrogen) atoms. The number of sulfonamides is 1. The van der Waals surface area contributed by atoms with Gasteiger partial charge in [0.05, 0.1) is 16.8 Å². The average Bonchev–Trinajstić information content (AvgIpc) is 3.12. The van der Waals surface area contributed by atoms with E-state index < -0.39 is 10.0 Å². The standard InChI is InChI=1S/C18H18N4O3S2/c1-22(2)27(24,25)16-5-3-4-14(10-16)17-12-26-18(20-17)21-19-11-13-6-8-15(23)9-7-13/h3-12,23H,1-2H3,(H,20,21). The first-order chi connectivity index (χ1) is 12.9. The van der Waals surface area contributed by atoms with Crippen LogP contribution in [0.15, 0.2) is 63.9 Å². The first-order valence-corrected chi connectivity index (χ1v) is 10.2. The summed E-state index contributed by atoms with van der Waals surface area (Å²) in [5.41, 5.74) is 5.06. The smallest absolute Gasteiger partial charge is 0.242 e. The maximum atomic E-state index is 12.3. The fraction of sp³-hybridized carbons (Fsp3) is 0.111. The largest absolute Gasteiger partial charge is 0.508 e. The highest BCUT2D eigenvalue weighted by molar-refractivity contribution is 7.89. The Morgan fingerprint density at radius 2 is 1.93 bits per heavy atom. The van der Waals surface area contributed by atoms with E-state index in [-0.39, 0.29) is 10.6 Å². The molecule has 0 atom stereocenters. The molecule has 9 heteroatoms. The number of hydrazone groups is 1. The normalized spacial score (nSPS) is 12.0. The van der Waals surface area contributed by atoms with Crippen molar-refractivity contribution in [3.8, 4) is 17.0 Å². The molecule has 140 valence electrons. The van der Waals surface area contributed by atoms with Crippen molar-refractivity contribution < 1.29 is 13.5 Å². The lowest BCUT2D eigenvalue weighted by molar-refractivity contribution is 0.475. The van der Waals surface area contributed by atoms with Crippen LogP contribution in [-0.4, -0.2) is 43.1 Å². The predicted octanol–water partition coefficient (Wildman–Crippen LogP) is 3.21. The van der Waals surface area contributed by atoms with Gasteiger partial charge in [-0.25, -0.2) is 17.7 Å². The van der Waals surface area contributed by atoms with Gasteiger partial charge in [-0.3, -0.25) is 5.43 Å². The predicted molar refractivity (Wildman–Crippen MR) is 108 cm³/mol. The molecule has 0 spiro atoms. The number of hydrogen-bond acceptors (Lipinski definition) is 7. The number of phenols is 1. The summed E-state index contributed by atoms with van der Waals surface area (Å²) in [6, 6.07) is 13.3. The van der Waals surface area contributed by atoms with Gasteiger partial charge in [0.25, 0.3) is 0 Å². The van der Waals surface area contributed by atoms with Crippen molar-refractivity contribution in [2.75, 3.05) is 19.5 Å². The van der Waals surface area contributed by atoms with Crippen LogP contribution in [0.3, 0.4) is 0 Å². The molecule has 0 aliphatic heterocycles. The maximum absolute atomic E-state index is 12.3. The first-order valence-electron chi connectivity index (χ1n) is 7.93. The summed E-state index contributed by atoms with van der Waals surface area (Å²) in [5.74, 6) is 0.197. The van der Waals surface area contributed by atoms with Gasteiger partial charge in [-0.15, -0.1) is 11.3 Å². The topological polar surface area (TPSA) is 94.9 Å². The summed E-state index contributed by atoms with van der Waals surface area (Å²) in [7, 11) is -0.499. The van der Waals surface area contributed by atoms with Gasteiger partial charge in [-0.05, 0) is 42.0 Å². The molecule has 1 heterocycles. The zero-order chi connectivity index (χ0) is 19.4. The molecule has 7 nitrogen and oxygen atoms in total. The molecule has 3 rings (SSSR count). The summed E-state index contributed by atoms with van der Waals surface area (Å²) in [4.78, 5) is 4.66. The highest BCUT2D eigenvalue weighted by Crippen LogP contribution is 2.27. The van der Waals surface area contributed by atoms with Crippen LogP contribution >= 0.6 is 11.3 Å². The van der Waals surface area contributed by atoms with Crippen molar-refractivity contribution in [1.82, 2.24) is 9.29 Å². The number of phenolic OH excluding ortho intramolecular Hbond substituents is 1. The lowest BCUT2D eigenvalue weighted by Gasteiger charge is -2.11. The molecule has 2 N–H and O–H groups in total.